The molecule has 0 bridgehead atoms. The van der Waals surface area contributed by atoms with Gasteiger partial charge in [0, 0.05) is 13.1 Å². The van der Waals surface area contributed by atoms with Crippen molar-refractivity contribution in [2.24, 2.45) is 0 Å². The van der Waals surface area contributed by atoms with Crippen LogP contribution in [-0.2, 0) is 10.3 Å². The Kier molecular flexibility index (Phi) is 5.97. The van der Waals surface area contributed by atoms with Crippen LogP contribution in [0.15, 0.2) is 0 Å². The summed E-state index contributed by atoms with van der Waals surface area (Å²) < 4.78 is 32.6. The summed E-state index contributed by atoms with van der Waals surface area (Å²) >= 11 is 0. The summed E-state index contributed by atoms with van der Waals surface area (Å²) in [7, 11) is -4.17. The first-order chi connectivity index (χ1) is 5.11. The normalized spacial score (nSPS) is 21.1. The van der Waals surface area contributed by atoms with Crippen molar-refractivity contribution in [2.45, 2.75) is 25.7 Å². The molecule has 1 fully saturated rings. The summed E-state index contributed by atoms with van der Waals surface area (Å²) in [4.78, 5) is 0. The summed E-state index contributed by atoms with van der Waals surface area (Å²) in [5.74, 6) is 0. The van der Waals surface area contributed by atoms with Gasteiger partial charge in [-0.05, 0) is 12.8 Å². The van der Waals surface area contributed by atoms with Gasteiger partial charge in [0.05, 0.1) is 0 Å². The van der Waals surface area contributed by atoms with Gasteiger partial charge in [0.2, 0.25) is 0 Å². The van der Waals surface area contributed by atoms with Gasteiger partial charge in [-0.25, -0.2) is 12.7 Å². The van der Waals surface area contributed by atoms with E-state index in [0.717, 1.165) is 30.0 Å². The maximum Gasteiger partial charge on any atom is 1.00 e. The summed E-state index contributed by atoms with van der Waals surface area (Å²) in [6, 6.07) is 0. The Bertz CT molecular complexity index is 209. The molecule has 0 atom stereocenters. The molecule has 0 spiro atoms. The molecule has 1 rings (SSSR count). The van der Waals surface area contributed by atoms with E-state index in [9.17, 15) is 13.0 Å². The summed E-state index contributed by atoms with van der Waals surface area (Å²) in [5, 5.41) is 0. The van der Waals surface area contributed by atoms with Crippen molar-refractivity contribution in [3.8, 4) is 0 Å². The predicted octanol–water partition coefficient (Wildman–Crippen LogP) is -2.67. The second-order valence-corrected chi connectivity index (χ2v) is 4.14. The molecule has 0 aromatic heterocycles. The Morgan fingerprint density at radius 3 is 1.75 bits per heavy atom. The summed E-state index contributed by atoms with van der Waals surface area (Å²) in [6.45, 7) is 0.817. The van der Waals surface area contributed by atoms with Crippen LogP contribution in [-0.4, -0.2) is 30.4 Å². The van der Waals surface area contributed by atoms with Gasteiger partial charge in [-0.3, -0.25) is 0 Å². The van der Waals surface area contributed by atoms with Crippen LogP contribution in [0.2, 0.25) is 0 Å². The number of hydrogen-bond donors (Lipinski definition) is 0. The van der Waals surface area contributed by atoms with Crippen LogP contribution >= 0.6 is 0 Å². The SMILES string of the molecule is O=S(=O)([O-])N1CCCCCC1.[Na+]. The maximum absolute atomic E-state index is 10.5. The standard InChI is InChI=1S/C6H13NO3S.Na/c8-11(9,10)7-5-3-1-2-4-6-7;/h1-6H2,(H,8,9,10);/q;+1/p-1. The topological polar surface area (TPSA) is 60.4 Å². The molecular weight excluding hydrogens is 189 g/mol. The van der Waals surface area contributed by atoms with E-state index in [-0.39, 0.29) is 29.6 Å². The summed E-state index contributed by atoms with van der Waals surface area (Å²) in [5.41, 5.74) is 0. The Hall–Kier alpha value is 0.870. The molecule has 0 aromatic rings. The first-order valence-electron chi connectivity index (χ1n) is 3.82. The fraction of sp³-hybridized carbons (Fsp3) is 1.00. The minimum Gasteiger partial charge on any atom is -0.735 e. The first-order valence-corrected chi connectivity index (χ1v) is 5.18. The van der Waals surface area contributed by atoms with E-state index in [4.69, 9.17) is 0 Å². The van der Waals surface area contributed by atoms with E-state index < -0.39 is 10.3 Å². The van der Waals surface area contributed by atoms with Crippen molar-refractivity contribution in [3.05, 3.63) is 0 Å². The van der Waals surface area contributed by atoms with E-state index in [0.29, 0.717) is 13.1 Å². The average molecular weight is 201 g/mol. The molecule has 0 N–H and O–H groups in total. The van der Waals surface area contributed by atoms with Crippen LogP contribution in [0.4, 0.5) is 0 Å². The second kappa shape index (κ2) is 5.57. The van der Waals surface area contributed by atoms with E-state index >= 15 is 0 Å². The molecular formula is C6H12NNaO3S. The zero-order valence-corrected chi connectivity index (χ0v) is 10.1. The first kappa shape index (κ1) is 12.9. The third-order valence-electron chi connectivity index (χ3n) is 1.88. The Morgan fingerprint density at radius 2 is 1.42 bits per heavy atom. The van der Waals surface area contributed by atoms with Crippen molar-refractivity contribution in [3.63, 3.8) is 0 Å². The Morgan fingerprint density at radius 1 is 1.00 bits per heavy atom. The minimum absolute atomic E-state index is 0. The quantitative estimate of drug-likeness (QED) is 0.343. The van der Waals surface area contributed by atoms with Crippen LogP contribution in [0.1, 0.15) is 25.7 Å². The van der Waals surface area contributed by atoms with Crippen LogP contribution in [0.5, 0.6) is 0 Å². The van der Waals surface area contributed by atoms with Crippen molar-refractivity contribution in [1.29, 1.82) is 0 Å². The fourth-order valence-corrected chi connectivity index (χ4v) is 1.97. The monoisotopic (exact) mass is 201 g/mol. The van der Waals surface area contributed by atoms with E-state index in [1.54, 1.807) is 0 Å². The van der Waals surface area contributed by atoms with Gasteiger partial charge in [0.1, 0.15) is 0 Å². The maximum atomic E-state index is 10.5. The second-order valence-electron chi connectivity index (χ2n) is 2.77. The molecule has 66 valence electrons. The fourth-order valence-electron chi connectivity index (χ4n) is 1.27. The molecule has 1 heterocycles. The van der Waals surface area contributed by atoms with Crippen LogP contribution in [0.3, 0.4) is 0 Å². The molecule has 1 saturated heterocycles. The van der Waals surface area contributed by atoms with Gasteiger partial charge in [-0.1, -0.05) is 12.8 Å². The number of hydrogen-bond acceptors (Lipinski definition) is 3. The third-order valence-corrected chi connectivity index (χ3v) is 2.88. The largest absolute Gasteiger partial charge is 1.00 e. The molecule has 1 aliphatic heterocycles. The van der Waals surface area contributed by atoms with E-state index in [1.807, 2.05) is 0 Å². The Balaban J connectivity index is 0.00000121. The van der Waals surface area contributed by atoms with Gasteiger partial charge >= 0.3 is 29.6 Å². The smallest absolute Gasteiger partial charge is 0.735 e. The molecule has 12 heavy (non-hydrogen) atoms. The Labute approximate surface area is 95.5 Å². The molecule has 0 amide bonds. The van der Waals surface area contributed by atoms with Gasteiger partial charge in [-0.2, -0.15) is 0 Å². The van der Waals surface area contributed by atoms with Gasteiger partial charge in [-0.15, -0.1) is 0 Å². The molecule has 0 saturated carbocycles. The van der Waals surface area contributed by atoms with Gasteiger partial charge < -0.3 is 4.55 Å². The zero-order valence-electron chi connectivity index (χ0n) is 7.32. The number of rotatable bonds is 1. The third kappa shape index (κ3) is 4.20. The van der Waals surface area contributed by atoms with Crippen LogP contribution in [0.25, 0.3) is 0 Å². The molecule has 0 aromatic carbocycles. The molecule has 6 heteroatoms. The van der Waals surface area contributed by atoms with E-state index in [2.05, 4.69) is 0 Å². The zero-order chi connectivity index (χ0) is 8.32. The van der Waals surface area contributed by atoms with E-state index in [1.165, 1.54) is 0 Å². The van der Waals surface area contributed by atoms with Crippen LogP contribution in [0, 0.1) is 0 Å². The minimum atomic E-state index is -4.17. The molecule has 0 unspecified atom stereocenters. The van der Waals surface area contributed by atoms with Crippen LogP contribution < -0.4 is 29.6 Å². The average Bonchev–Trinajstić information content (AvgIpc) is 2.10. The van der Waals surface area contributed by atoms with Crippen molar-refractivity contribution in [1.82, 2.24) is 4.31 Å². The molecule has 0 radical (unpaired) electrons. The molecule has 0 aliphatic carbocycles. The van der Waals surface area contributed by atoms with Gasteiger partial charge in [0.15, 0.2) is 10.3 Å². The van der Waals surface area contributed by atoms with Crippen molar-refractivity contribution < 1.29 is 42.5 Å². The molecule has 1 aliphatic rings. The predicted molar refractivity (Wildman–Crippen MR) is 39.7 cm³/mol. The summed E-state index contributed by atoms with van der Waals surface area (Å²) in [6.07, 6.45) is 3.71. The number of nitrogens with zero attached hydrogens (tertiary/aromatic N) is 1. The molecule has 4 nitrogen and oxygen atoms in total. The van der Waals surface area contributed by atoms with Crippen molar-refractivity contribution >= 4 is 10.3 Å². The van der Waals surface area contributed by atoms with Gasteiger partial charge in [0.25, 0.3) is 0 Å². The van der Waals surface area contributed by atoms with Crippen molar-refractivity contribution in [2.75, 3.05) is 13.1 Å².